The van der Waals surface area contributed by atoms with Gasteiger partial charge in [-0.3, -0.25) is 10.1 Å². The van der Waals surface area contributed by atoms with Crippen LogP contribution in [0.1, 0.15) is 46.3 Å². The van der Waals surface area contributed by atoms with Crippen molar-refractivity contribution >= 4 is 5.91 Å². The number of carbonyl (C=O) groups excluding carboxylic acids is 1. The van der Waals surface area contributed by atoms with Crippen LogP contribution in [-0.4, -0.2) is 22.9 Å². The molecule has 2 fully saturated rings. The first-order valence-electron chi connectivity index (χ1n) is 7.52. The minimum absolute atomic E-state index is 0.0396. The monoisotopic (exact) mass is 290 g/mol. The Bertz CT molecular complexity index is 582. The molecule has 114 valence electrons. The number of nitrogens with zero attached hydrogens (tertiary/aromatic N) is 1. The summed E-state index contributed by atoms with van der Waals surface area (Å²) in [6, 6.07) is 6.55. The van der Waals surface area contributed by atoms with E-state index in [0.29, 0.717) is 5.56 Å². The van der Waals surface area contributed by atoms with Gasteiger partial charge < -0.3 is 4.90 Å². The van der Waals surface area contributed by atoms with Gasteiger partial charge >= 0.3 is 0 Å². The molecular formula is C17H23FN2O. The summed E-state index contributed by atoms with van der Waals surface area (Å²) >= 11 is 0. The second kappa shape index (κ2) is 4.29. The lowest BCUT2D eigenvalue weighted by Crippen LogP contribution is -2.36. The fourth-order valence-electron chi connectivity index (χ4n) is 3.81. The van der Waals surface area contributed by atoms with Gasteiger partial charge in [0.05, 0.1) is 6.04 Å². The Kier molecular flexibility index (Phi) is 2.97. The van der Waals surface area contributed by atoms with Crippen molar-refractivity contribution in [1.82, 2.24) is 10.2 Å². The van der Waals surface area contributed by atoms with Crippen molar-refractivity contribution in [3.8, 4) is 0 Å². The van der Waals surface area contributed by atoms with Gasteiger partial charge in [-0.15, -0.1) is 0 Å². The lowest BCUT2D eigenvalue weighted by Gasteiger charge is -2.27. The van der Waals surface area contributed by atoms with E-state index in [1.165, 1.54) is 6.07 Å². The Morgan fingerprint density at radius 2 is 1.71 bits per heavy atom. The SMILES string of the molecule is CC1NC(c2ccccc2F)N(C2C(C)(C)C2(C)C)C1=O. The Labute approximate surface area is 125 Å². The Morgan fingerprint density at radius 1 is 1.14 bits per heavy atom. The number of halogens is 1. The first kappa shape index (κ1) is 14.5. The lowest BCUT2D eigenvalue weighted by atomic mass is 10.0. The first-order chi connectivity index (χ1) is 9.69. The van der Waals surface area contributed by atoms with Crippen molar-refractivity contribution in [2.75, 3.05) is 0 Å². The molecular weight excluding hydrogens is 267 g/mol. The van der Waals surface area contributed by atoms with E-state index in [2.05, 4.69) is 33.0 Å². The van der Waals surface area contributed by atoms with E-state index in [4.69, 9.17) is 0 Å². The summed E-state index contributed by atoms with van der Waals surface area (Å²) in [5, 5.41) is 3.24. The molecule has 3 nitrogen and oxygen atoms in total. The fraction of sp³-hybridized carbons (Fsp3) is 0.588. The molecule has 1 saturated carbocycles. The molecule has 1 aromatic rings. The summed E-state index contributed by atoms with van der Waals surface area (Å²) in [6.45, 7) is 10.5. The van der Waals surface area contributed by atoms with E-state index < -0.39 is 0 Å². The van der Waals surface area contributed by atoms with Crippen molar-refractivity contribution in [2.24, 2.45) is 10.8 Å². The molecule has 1 N–H and O–H groups in total. The van der Waals surface area contributed by atoms with Gasteiger partial charge in [0.1, 0.15) is 12.0 Å². The van der Waals surface area contributed by atoms with E-state index in [-0.39, 0.29) is 40.8 Å². The number of benzene rings is 1. The zero-order valence-electron chi connectivity index (χ0n) is 13.3. The molecule has 0 radical (unpaired) electrons. The van der Waals surface area contributed by atoms with Crippen molar-refractivity contribution in [2.45, 2.75) is 52.9 Å². The third-order valence-electron chi connectivity index (χ3n) is 5.73. The quantitative estimate of drug-likeness (QED) is 0.908. The van der Waals surface area contributed by atoms with Gasteiger partial charge in [0, 0.05) is 11.6 Å². The zero-order chi connectivity index (χ0) is 15.6. The molecule has 2 unspecified atom stereocenters. The maximum Gasteiger partial charge on any atom is 0.241 e. The molecule has 0 spiro atoms. The molecule has 1 aliphatic heterocycles. The molecule has 1 amide bonds. The van der Waals surface area contributed by atoms with Crippen molar-refractivity contribution < 1.29 is 9.18 Å². The predicted octanol–water partition coefficient (Wildman–Crippen LogP) is 3.08. The summed E-state index contributed by atoms with van der Waals surface area (Å²) in [4.78, 5) is 14.5. The normalized spacial score (nSPS) is 30.8. The Hall–Kier alpha value is -1.42. The molecule has 1 saturated heterocycles. The van der Waals surface area contributed by atoms with Gasteiger partial charge in [-0.25, -0.2) is 4.39 Å². The number of rotatable bonds is 2. The summed E-state index contributed by atoms with van der Waals surface area (Å²) in [7, 11) is 0. The first-order valence-corrected chi connectivity index (χ1v) is 7.52. The van der Waals surface area contributed by atoms with Gasteiger partial charge in [0.15, 0.2) is 0 Å². The standard InChI is InChI=1S/C17H23FN2O/c1-10-14(21)20(15-16(2,3)17(15,4)5)13(19-10)11-8-6-7-9-12(11)18/h6-10,13,15,19H,1-5H3. The molecule has 0 bridgehead atoms. The molecule has 4 heteroatoms. The van der Waals surface area contributed by atoms with Crippen LogP contribution in [0.3, 0.4) is 0 Å². The average molecular weight is 290 g/mol. The molecule has 3 rings (SSSR count). The Balaban J connectivity index is 2.01. The van der Waals surface area contributed by atoms with Crippen molar-refractivity contribution in [3.63, 3.8) is 0 Å². The molecule has 1 heterocycles. The largest absolute Gasteiger partial charge is 0.317 e. The molecule has 1 aromatic carbocycles. The second-order valence-electron chi connectivity index (χ2n) is 7.40. The van der Waals surface area contributed by atoms with E-state index in [0.717, 1.165) is 0 Å². The third kappa shape index (κ3) is 1.85. The van der Waals surface area contributed by atoms with Gasteiger partial charge in [-0.2, -0.15) is 0 Å². The highest BCUT2D eigenvalue weighted by Crippen LogP contribution is 2.66. The average Bonchev–Trinajstić information content (AvgIpc) is 2.64. The van der Waals surface area contributed by atoms with Gasteiger partial charge in [0.2, 0.25) is 5.91 Å². The van der Waals surface area contributed by atoms with Crippen LogP contribution in [-0.2, 0) is 4.79 Å². The van der Waals surface area contributed by atoms with Gasteiger partial charge in [-0.1, -0.05) is 45.9 Å². The molecule has 21 heavy (non-hydrogen) atoms. The summed E-state index contributed by atoms with van der Waals surface area (Å²) in [5.41, 5.74) is 0.629. The van der Waals surface area contributed by atoms with Crippen LogP contribution in [0.5, 0.6) is 0 Å². The third-order valence-corrected chi connectivity index (χ3v) is 5.73. The Morgan fingerprint density at radius 3 is 2.24 bits per heavy atom. The second-order valence-corrected chi connectivity index (χ2v) is 7.40. The molecule has 2 aliphatic rings. The summed E-state index contributed by atoms with van der Waals surface area (Å²) < 4.78 is 14.2. The van der Waals surface area contributed by atoms with E-state index >= 15 is 0 Å². The maximum atomic E-state index is 14.2. The fourth-order valence-corrected chi connectivity index (χ4v) is 3.81. The summed E-state index contributed by atoms with van der Waals surface area (Å²) in [6.07, 6.45) is -0.375. The van der Waals surface area contributed by atoms with Crippen LogP contribution in [0.15, 0.2) is 24.3 Å². The minimum atomic E-state index is -0.375. The van der Waals surface area contributed by atoms with E-state index in [9.17, 15) is 9.18 Å². The van der Waals surface area contributed by atoms with Gasteiger partial charge in [-0.05, 0) is 23.8 Å². The van der Waals surface area contributed by atoms with Gasteiger partial charge in [0.25, 0.3) is 0 Å². The zero-order valence-corrected chi connectivity index (χ0v) is 13.3. The molecule has 0 aromatic heterocycles. The number of nitrogens with one attached hydrogen (secondary N) is 1. The van der Waals surface area contributed by atoms with Crippen LogP contribution < -0.4 is 5.32 Å². The number of carbonyl (C=O) groups is 1. The van der Waals surface area contributed by atoms with Crippen LogP contribution in [0.4, 0.5) is 4.39 Å². The highest BCUT2D eigenvalue weighted by molar-refractivity contribution is 5.85. The number of hydrogen-bond acceptors (Lipinski definition) is 2. The van der Waals surface area contributed by atoms with E-state index in [1.807, 2.05) is 17.9 Å². The van der Waals surface area contributed by atoms with E-state index in [1.54, 1.807) is 12.1 Å². The highest BCUT2D eigenvalue weighted by Gasteiger charge is 2.70. The van der Waals surface area contributed by atoms with Crippen LogP contribution in [0, 0.1) is 16.6 Å². The molecule has 2 atom stereocenters. The van der Waals surface area contributed by atoms with Crippen LogP contribution >= 0.6 is 0 Å². The minimum Gasteiger partial charge on any atom is -0.317 e. The van der Waals surface area contributed by atoms with Crippen molar-refractivity contribution in [1.29, 1.82) is 0 Å². The lowest BCUT2D eigenvalue weighted by molar-refractivity contribution is -0.131. The number of hydrogen-bond donors (Lipinski definition) is 1. The van der Waals surface area contributed by atoms with Crippen LogP contribution in [0.25, 0.3) is 0 Å². The number of amides is 1. The van der Waals surface area contributed by atoms with Crippen LogP contribution in [0.2, 0.25) is 0 Å². The maximum absolute atomic E-state index is 14.2. The highest BCUT2D eigenvalue weighted by atomic mass is 19.1. The smallest absolute Gasteiger partial charge is 0.241 e. The van der Waals surface area contributed by atoms with Crippen molar-refractivity contribution in [3.05, 3.63) is 35.6 Å². The molecule has 1 aliphatic carbocycles. The predicted molar refractivity (Wildman–Crippen MR) is 79.9 cm³/mol. The summed E-state index contributed by atoms with van der Waals surface area (Å²) in [5.74, 6) is -0.204. The topological polar surface area (TPSA) is 32.3 Å².